The maximum atomic E-state index is 12.1. The number of anilines is 1. The number of aromatic amines is 1. The Morgan fingerprint density at radius 3 is 2.67 bits per heavy atom. The highest BCUT2D eigenvalue weighted by molar-refractivity contribution is 6.07. The number of carbonyl (C=O) groups excluding carboxylic acids is 1. The van der Waals surface area contributed by atoms with E-state index in [4.69, 9.17) is 5.11 Å². The van der Waals surface area contributed by atoms with Gasteiger partial charge >= 0.3 is 5.97 Å². The first-order valence-corrected chi connectivity index (χ1v) is 5.73. The Bertz CT molecular complexity index is 737. The number of nitrogens with zero attached hydrogens (tertiary/aromatic N) is 2. The summed E-state index contributed by atoms with van der Waals surface area (Å²) in [4.78, 5) is 33.0. The highest BCUT2D eigenvalue weighted by Crippen LogP contribution is 2.21. The molecule has 9 heteroatoms. The monoisotopic (exact) mass is 290 g/mol. The Balaban J connectivity index is 2.29. The van der Waals surface area contributed by atoms with Crippen LogP contribution in [0.2, 0.25) is 0 Å². The van der Waals surface area contributed by atoms with Gasteiger partial charge in [-0.3, -0.25) is 20.0 Å². The Morgan fingerprint density at radius 1 is 1.38 bits per heavy atom. The van der Waals surface area contributed by atoms with Crippen LogP contribution in [-0.4, -0.2) is 32.1 Å². The zero-order valence-corrected chi connectivity index (χ0v) is 10.8. The van der Waals surface area contributed by atoms with Crippen LogP contribution in [0, 0.1) is 17.0 Å². The molecule has 0 fully saturated rings. The van der Waals surface area contributed by atoms with Crippen molar-refractivity contribution >= 4 is 23.4 Å². The lowest BCUT2D eigenvalue weighted by Crippen LogP contribution is -2.14. The molecule has 0 saturated heterocycles. The lowest BCUT2D eigenvalue weighted by atomic mass is 10.1. The molecule has 2 rings (SSSR count). The Morgan fingerprint density at radius 2 is 2.10 bits per heavy atom. The number of carbonyl (C=O) groups is 2. The molecule has 0 atom stereocenters. The Labute approximate surface area is 117 Å². The molecule has 1 amide bonds. The van der Waals surface area contributed by atoms with E-state index in [1.54, 1.807) is 6.92 Å². The Hall–Kier alpha value is -3.23. The van der Waals surface area contributed by atoms with Gasteiger partial charge in [0, 0.05) is 12.1 Å². The van der Waals surface area contributed by atoms with Crippen molar-refractivity contribution in [3.8, 4) is 0 Å². The van der Waals surface area contributed by atoms with Crippen LogP contribution in [0.3, 0.4) is 0 Å². The summed E-state index contributed by atoms with van der Waals surface area (Å²) < 4.78 is 0. The van der Waals surface area contributed by atoms with Gasteiger partial charge in [0.2, 0.25) is 0 Å². The highest BCUT2D eigenvalue weighted by Gasteiger charge is 2.21. The van der Waals surface area contributed by atoms with Crippen LogP contribution in [0.5, 0.6) is 0 Å². The fourth-order valence-electron chi connectivity index (χ4n) is 1.67. The van der Waals surface area contributed by atoms with Crippen molar-refractivity contribution < 1.29 is 19.6 Å². The van der Waals surface area contributed by atoms with Gasteiger partial charge in [-0.25, -0.2) is 4.79 Å². The smallest absolute Gasteiger partial charge is 0.353 e. The fraction of sp³-hybridized carbons (Fsp3) is 0.0833. The molecule has 0 saturated carbocycles. The van der Waals surface area contributed by atoms with Gasteiger partial charge in [0.05, 0.1) is 4.92 Å². The van der Waals surface area contributed by atoms with E-state index in [9.17, 15) is 19.7 Å². The van der Waals surface area contributed by atoms with E-state index in [1.165, 1.54) is 18.2 Å². The number of hydrogen-bond acceptors (Lipinski definition) is 5. The van der Waals surface area contributed by atoms with E-state index in [2.05, 4.69) is 15.5 Å². The summed E-state index contributed by atoms with van der Waals surface area (Å²) in [6.45, 7) is 1.69. The highest BCUT2D eigenvalue weighted by atomic mass is 16.6. The molecule has 3 N–H and O–H groups in total. The number of nitrogens with one attached hydrogen (secondary N) is 2. The van der Waals surface area contributed by atoms with Crippen LogP contribution in [0.1, 0.15) is 26.4 Å². The second-order valence-electron chi connectivity index (χ2n) is 4.20. The lowest BCUT2D eigenvalue weighted by molar-refractivity contribution is -0.385. The van der Waals surface area contributed by atoms with Crippen molar-refractivity contribution in [3.63, 3.8) is 0 Å². The minimum atomic E-state index is -1.23. The molecule has 108 valence electrons. The predicted molar refractivity (Wildman–Crippen MR) is 71.3 cm³/mol. The molecule has 1 aromatic carbocycles. The number of amides is 1. The molecular formula is C12H10N4O5. The fourth-order valence-corrected chi connectivity index (χ4v) is 1.67. The van der Waals surface area contributed by atoms with Gasteiger partial charge in [0.1, 0.15) is 11.3 Å². The third-order valence-electron chi connectivity index (χ3n) is 2.64. The number of aromatic carboxylic acids is 1. The summed E-state index contributed by atoms with van der Waals surface area (Å²) in [7, 11) is 0. The van der Waals surface area contributed by atoms with E-state index < -0.39 is 16.8 Å². The number of nitro groups is 1. The van der Waals surface area contributed by atoms with Crippen LogP contribution in [-0.2, 0) is 0 Å². The molecule has 0 radical (unpaired) electrons. The van der Waals surface area contributed by atoms with Gasteiger partial charge < -0.3 is 10.4 Å². The van der Waals surface area contributed by atoms with E-state index in [-0.39, 0.29) is 22.8 Å². The molecule has 2 aromatic rings. The van der Waals surface area contributed by atoms with Crippen molar-refractivity contribution in [2.75, 3.05) is 5.32 Å². The average molecular weight is 290 g/mol. The number of hydrogen-bond donors (Lipinski definition) is 3. The first-order chi connectivity index (χ1) is 9.88. The normalized spacial score (nSPS) is 10.1. The van der Waals surface area contributed by atoms with Crippen molar-refractivity contribution in [1.82, 2.24) is 10.2 Å². The molecule has 0 spiro atoms. The number of aromatic nitrogens is 2. The summed E-state index contributed by atoms with van der Waals surface area (Å²) in [6.07, 6.45) is 0. The maximum Gasteiger partial charge on any atom is 0.353 e. The van der Waals surface area contributed by atoms with Crippen molar-refractivity contribution in [2.24, 2.45) is 0 Å². The molecule has 0 aliphatic carbocycles. The summed E-state index contributed by atoms with van der Waals surface area (Å²) in [5, 5.41) is 27.8. The largest absolute Gasteiger partial charge is 0.477 e. The third-order valence-corrected chi connectivity index (χ3v) is 2.64. The predicted octanol–water partition coefficient (Wildman–Crippen LogP) is 1.58. The van der Waals surface area contributed by atoms with Gasteiger partial charge in [0.25, 0.3) is 11.6 Å². The van der Waals surface area contributed by atoms with Gasteiger partial charge in [-0.05, 0) is 18.6 Å². The van der Waals surface area contributed by atoms with Gasteiger partial charge in [-0.2, -0.15) is 5.10 Å². The summed E-state index contributed by atoms with van der Waals surface area (Å²) >= 11 is 0. The molecular weight excluding hydrogens is 280 g/mol. The lowest BCUT2D eigenvalue weighted by Gasteiger charge is -2.04. The molecule has 0 aliphatic heterocycles. The number of nitro benzene ring substituents is 1. The third kappa shape index (κ3) is 3.03. The van der Waals surface area contributed by atoms with Crippen LogP contribution in [0.4, 0.5) is 11.5 Å². The molecule has 0 bridgehead atoms. The van der Waals surface area contributed by atoms with Crippen LogP contribution < -0.4 is 5.32 Å². The van der Waals surface area contributed by atoms with Gasteiger partial charge in [0.15, 0.2) is 5.82 Å². The number of benzene rings is 1. The molecule has 0 aliphatic rings. The van der Waals surface area contributed by atoms with Crippen LogP contribution in [0.25, 0.3) is 0 Å². The zero-order chi connectivity index (χ0) is 15.6. The topological polar surface area (TPSA) is 138 Å². The first-order valence-electron chi connectivity index (χ1n) is 5.73. The number of rotatable bonds is 4. The van der Waals surface area contributed by atoms with E-state index in [0.717, 1.165) is 6.07 Å². The van der Waals surface area contributed by atoms with Crippen molar-refractivity contribution in [1.29, 1.82) is 0 Å². The first kappa shape index (κ1) is 14.2. The van der Waals surface area contributed by atoms with Gasteiger partial charge in [-0.15, -0.1) is 0 Å². The van der Waals surface area contributed by atoms with Crippen molar-refractivity contribution in [2.45, 2.75) is 6.92 Å². The average Bonchev–Trinajstić information content (AvgIpc) is 2.86. The number of aryl methyl sites for hydroxylation is 1. The van der Waals surface area contributed by atoms with E-state index in [0.29, 0.717) is 5.56 Å². The number of H-pyrrole nitrogens is 1. The summed E-state index contributed by atoms with van der Waals surface area (Å²) in [6, 6.07) is 5.24. The Kier molecular flexibility index (Phi) is 3.65. The van der Waals surface area contributed by atoms with E-state index >= 15 is 0 Å². The zero-order valence-electron chi connectivity index (χ0n) is 10.8. The van der Waals surface area contributed by atoms with Crippen molar-refractivity contribution in [3.05, 3.63) is 51.2 Å². The van der Waals surface area contributed by atoms with Crippen LogP contribution in [0.15, 0.2) is 24.3 Å². The molecule has 21 heavy (non-hydrogen) atoms. The summed E-state index contributed by atoms with van der Waals surface area (Å²) in [5.41, 5.74) is 0.00927. The minimum absolute atomic E-state index is 0.0341. The number of carboxylic acid groups (broad SMARTS) is 1. The second kappa shape index (κ2) is 5.41. The molecule has 1 aromatic heterocycles. The molecule has 9 nitrogen and oxygen atoms in total. The van der Waals surface area contributed by atoms with Gasteiger partial charge in [-0.1, -0.05) is 6.07 Å². The molecule has 1 heterocycles. The minimum Gasteiger partial charge on any atom is -0.477 e. The standard InChI is InChI=1S/C12H10N4O5/c1-6-2-3-9(16(20)21)7(4-6)11(17)13-10-5-8(12(18)19)14-15-10/h2-5H,1H3,(H,18,19)(H2,13,14,15,17). The number of carboxylic acids is 1. The maximum absolute atomic E-state index is 12.1. The van der Waals surface area contributed by atoms with Crippen LogP contribution >= 0.6 is 0 Å². The summed E-state index contributed by atoms with van der Waals surface area (Å²) in [5.74, 6) is -2.01. The molecule has 0 unspecified atom stereocenters. The SMILES string of the molecule is Cc1ccc([N+](=O)[O-])c(C(=O)Nc2cc(C(=O)O)[nH]n2)c1. The second-order valence-corrected chi connectivity index (χ2v) is 4.20. The quantitative estimate of drug-likeness (QED) is 0.577. The van der Waals surface area contributed by atoms with E-state index in [1.807, 2.05) is 0 Å².